The molecule has 0 aliphatic rings. The van der Waals surface area contributed by atoms with Gasteiger partial charge >= 0.3 is 0 Å². The van der Waals surface area contributed by atoms with Gasteiger partial charge in [-0.05, 0) is 35.3 Å². The predicted molar refractivity (Wildman–Crippen MR) is 81.0 cm³/mol. The number of benzene rings is 2. The third-order valence-electron chi connectivity index (χ3n) is 2.09. The number of halogens is 3. The van der Waals surface area contributed by atoms with Crippen molar-refractivity contribution in [3.63, 3.8) is 0 Å². The van der Waals surface area contributed by atoms with Gasteiger partial charge in [-0.2, -0.15) is 0 Å². The second-order valence-corrected chi connectivity index (χ2v) is 4.93. The Morgan fingerprint density at radius 3 is 1.68 bits per heavy atom. The fraction of sp³-hybridized carbons (Fsp3) is 0. The van der Waals surface area contributed by atoms with Crippen LogP contribution < -0.4 is 0 Å². The van der Waals surface area contributed by atoms with Crippen molar-refractivity contribution < 1.29 is 9.59 Å². The van der Waals surface area contributed by atoms with Gasteiger partial charge < -0.3 is 0 Å². The maximum atomic E-state index is 10.6. The lowest BCUT2D eigenvalue weighted by atomic mass is 10.2. The number of hydrogen-bond acceptors (Lipinski definition) is 2. The van der Waals surface area contributed by atoms with Crippen molar-refractivity contribution in [1.29, 1.82) is 0 Å². The summed E-state index contributed by atoms with van der Waals surface area (Å²) in [5, 5.41) is -0.844. The van der Waals surface area contributed by atoms with Gasteiger partial charge in [0.05, 0.1) is 0 Å². The van der Waals surface area contributed by atoms with E-state index in [1.807, 2.05) is 12.1 Å². The second-order valence-electron chi connectivity index (χ2n) is 3.39. The molecule has 2 rings (SSSR count). The van der Waals surface area contributed by atoms with Crippen LogP contribution in [0.25, 0.3) is 0 Å². The number of hydrogen-bond donors (Lipinski definition) is 0. The van der Waals surface area contributed by atoms with Gasteiger partial charge in [0, 0.05) is 15.6 Å². The summed E-state index contributed by atoms with van der Waals surface area (Å²) in [7, 11) is 0. The number of rotatable bonds is 2. The van der Waals surface area contributed by atoms with E-state index in [0.717, 1.165) is 4.47 Å². The quantitative estimate of drug-likeness (QED) is 0.715. The number of carbonyl (C=O) groups is 2. The molecule has 0 heterocycles. The zero-order valence-electron chi connectivity index (χ0n) is 9.65. The first-order valence-corrected chi connectivity index (χ1v) is 6.76. The Morgan fingerprint density at radius 2 is 1.32 bits per heavy atom. The molecule has 0 spiro atoms. The summed E-state index contributed by atoms with van der Waals surface area (Å²) in [5.74, 6) is 0. The fourth-order valence-corrected chi connectivity index (χ4v) is 2.06. The molecule has 0 radical (unpaired) electrons. The molecule has 2 aromatic carbocycles. The number of carbonyl (C=O) groups excluding carboxylic acids is 2. The Bertz CT molecular complexity index is 571. The van der Waals surface area contributed by atoms with Crippen molar-refractivity contribution >= 4 is 49.6 Å². The third kappa shape index (κ3) is 5.55. The summed E-state index contributed by atoms with van der Waals surface area (Å²) >= 11 is 13.6. The molecular weight excluding hydrogens is 351 g/mol. The first kappa shape index (κ1) is 15.9. The summed E-state index contributed by atoms with van der Waals surface area (Å²) in [6, 6.07) is 15.8. The van der Waals surface area contributed by atoms with Crippen LogP contribution in [0.15, 0.2) is 59.1 Å². The smallest absolute Gasteiger partial charge is 0.253 e. The highest BCUT2D eigenvalue weighted by Gasteiger charge is 2.03. The Hall–Kier alpha value is -1.16. The summed E-state index contributed by atoms with van der Waals surface area (Å²) in [5.41, 5.74) is 1.04. The fourth-order valence-electron chi connectivity index (χ4n) is 1.19. The van der Waals surface area contributed by atoms with Crippen LogP contribution in [0.5, 0.6) is 0 Å². The lowest BCUT2D eigenvalue weighted by molar-refractivity contribution is 0.107. The first-order chi connectivity index (χ1) is 9.02. The lowest BCUT2D eigenvalue weighted by Crippen LogP contribution is -1.88. The second kappa shape index (κ2) is 8.10. The Labute approximate surface area is 129 Å². The molecule has 19 heavy (non-hydrogen) atoms. The molecule has 2 aromatic rings. The van der Waals surface area contributed by atoms with Gasteiger partial charge in [0.25, 0.3) is 10.5 Å². The molecule has 0 N–H and O–H groups in total. The minimum Gasteiger partial charge on any atom is -0.276 e. The van der Waals surface area contributed by atoms with Gasteiger partial charge in [0.2, 0.25) is 0 Å². The molecule has 0 unspecified atom stereocenters. The highest BCUT2D eigenvalue weighted by atomic mass is 79.9. The molecule has 98 valence electrons. The zero-order chi connectivity index (χ0) is 14.3. The van der Waals surface area contributed by atoms with Crippen LogP contribution in [0.3, 0.4) is 0 Å². The topological polar surface area (TPSA) is 34.1 Å². The van der Waals surface area contributed by atoms with Crippen LogP contribution in [0.1, 0.15) is 20.7 Å². The summed E-state index contributed by atoms with van der Waals surface area (Å²) in [4.78, 5) is 21.0. The monoisotopic (exact) mass is 358 g/mol. The summed E-state index contributed by atoms with van der Waals surface area (Å²) < 4.78 is 0.731. The Balaban J connectivity index is 0.000000191. The van der Waals surface area contributed by atoms with E-state index in [0.29, 0.717) is 11.1 Å². The van der Waals surface area contributed by atoms with Crippen molar-refractivity contribution in [2.45, 2.75) is 0 Å². The third-order valence-corrected chi connectivity index (χ3v) is 3.20. The molecule has 0 fully saturated rings. The Kier molecular flexibility index (Phi) is 6.78. The average molecular weight is 360 g/mol. The van der Waals surface area contributed by atoms with Gasteiger partial charge in [0.1, 0.15) is 0 Å². The van der Waals surface area contributed by atoms with E-state index in [1.165, 1.54) is 0 Å². The highest BCUT2D eigenvalue weighted by Crippen LogP contribution is 2.17. The first-order valence-electron chi connectivity index (χ1n) is 5.21. The molecule has 0 aromatic heterocycles. The van der Waals surface area contributed by atoms with Crippen molar-refractivity contribution in [1.82, 2.24) is 0 Å². The molecule has 0 saturated heterocycles. The minimum atomic E-state index is -0.438. The maximum Gasteiger partial charge on any atom is 0.253 e. The molecule has 0 atom stereocenters. The molecule has 0 amide bonds. The molecule has 0 aliphatic carbocycles. The standard InChI is InChI=1S/C7H4BrClO.C7H5ClO/c8-6-4-2-1-3-5(6)7(9)10;8-7(9)6-4-2-1-3-5-6/h1-4H;1-5H. The van der Waals surface area contributed by atoms with Crippen molar-refractivity contribution in [2.24, 2.45) is 0 Å². The van der Waals surface area contributed by atoms with Gasteiger partial charge in [-0.3, -0.25) is 9.59 Å². The maximum absolute atomic E-state index is 10.6. The van der Waals surface area contributed by atoms with E-state index in [1.54, 1.807) is 42.5 Å². The van der Waals surface area contributed by atoms with Crippen molar-refractivity contribution in [3.8, 4) is 0 Å². The van der Waals surface area contributed by atoms with Crippen LogP contribution in [-0.2, 0) is 0 Å². The van der Waals surface area contributed by atoms with E-state index in [4.69, 9.17) is 23.2 Å². The molecule has 5 heteroatoms. The van der Waals surface area contributed by atoms with Crippen molar-refractivity contribution in [2.75, 3.05) is 0 Å². The van der Waals surface area contributed by atoms with E-state index in [2.05, 4.69) is 15.9 Å². The van der Waals surface area contributed by atoms with Crippen LogP contribution in [0, 0.1) is 0 Å². The van der Waals surface area contributed by atoms with Crippen LogP contribution in [-0.4, -0.2) is 10.5 Å². The summed E-state index contributed by atoms with van der Waals surface area (Å²) in [6.45, 7) is 0. The highest BCUT2D eigenvalue weighted by molar-refractivity contribution is 9.10. The minimum absolute atomic E-state index is 0.407. The van der Waals surface area contributed by atoms with Crippen LogP contribution in [0.2, 0.25) is 0 Å². The Morgan fingerprint density at radius 1 is 0.789 bits per heavy atom. The average Bonchev–Trinajstić information content (AvgIpc) is 2.40. The predicted octanol–water partition coefficient (Wildman–Crippen LogP) is 4.89. The largest absolute Gasteiger partial charge is 0.276 e. The molecule has 0 saturated carbocycles. The van der Waals surface area contributed by atoms with E-state index in [9.17, 15) is 9.59 Å². The van der Waals surface area contributed by atoms with Crippen LogP contribution in [0.4, 0.5) is 0 Å². The van der Waals surface area contributed by atoms with Gasteiger partial charge in [0.15, 0.2) is 0 Å². The van der Waals surface area contributed by atoms with E-state index < -0.39 is 10.5 Å². The van der Waals surface area contributed by atoms with Gasteiger partial charge in [-0.15, -0.1) is 0 Å². The van der Waals surface area contributed by atoms with Gasteiger partial charge in [-0.25, -0.2) is 0 Å². The van der Waals surface area contributed by atoms with E-state index in [-0.39, 0.29) is 0 Å². The molecular formula is C14H9BrCl2O2. The summed E-state index contributed by atoms with van der Waals surface area (Å²) in [6.07, 6.45) is 0. The zero-order valence-corrected chi connectivity index (χ0v) is 12.7. The molecule has 0 bridgehead atoms. The van der Waals surface area contributed by atoms with Gasteiger partial charge in [-0.1, -0.05) is 58.4 Å². The van der Waals surface area contributed by atoms with Crippen molar-refractivity contribution in [3.05, 3.63) is 70.2 Å². The lowest BCUT2D eigenvalue weighted by Gasteiger charge is -1.94. The normalized spacial score (nSPS) is 9.21. The molecule has 0 aliphatic heterocycles. The van der Waals surface area contributed by atoms with Crippen LogP contribution >= 0.6 is 39.1 Å². The van der Waals surface area contributed by atoms with E-state index >= 15 is 0 Å². The SMILES string of the molecule is O=C(Cl)c1ccccc1.O=C(Cl)c1ccccc1Br. The molecule has 2 nitrogen and oxygen atoms in total.